The summed E-state index contributed by atoms with van der Waals surface area (Å²) >= 11 is 0. The van der Waals surface area contributed by atoms with E-state index in [4.69, 9.17) is 9.47 Å². The van der Waals surface area contributed by atoms with E-state index in [9.17, 15) is 22.8 Å². The minimum atomic E-state index is -4.42. The van der Waals surface area contributed by atoms with Crippen molar-refractivity contribution < 1.29 is 32.2 Å². The lowest BCUT2D eigenvalue weighted by Gasteiger charge is -2.24. The molecule has 2 aromatic carbocycles. The molecule has 196 valence electrons. The van der Waals surface area contributed by atoms with Gasteiger partial charge in [-0.05, 0) is 58.0 Å². The van der Waals surface area contributed by atoms with Gasteiger partial charge in [0.25, 0.3) is 5.91 Å². The first-order valence-corrected chi connectivity index (χ1v) is 11.5. The molecule has 0 N–H and O–H groups in total. The Balaban J connectivity index is 1.71. The highest BCUT2D eigenvalue weighted by atomic mass is 19.4. The molecule has 0 fully saturated rings. The van der Waals surface area contributed by atoms with Crippen LogP contribution in [0.1, 0.15) is 48.0 Å². The number of nitrogens with zero attached hydrogens (tertiary/aromatic N) is 3. The summed E-state index contributed by atoms with van der Waals surface area (Å²) in [5.41, 5.74) is 0.116. The molecule has 0 aliphatic heterocycles. The zero-order valence-corrected chi connectivity index (χ0v) is 21.2. The van der Waals surface area contributed by atoms with Crippen molar-refractivity contribution in [3.63, 3.8) is 0 Å². The van der Waals surface area contributed by atoms with Crippen molar-refractivity contribution in [2.24, 2.45) is 0 Å². The summed E-state index contributed by atoms with van der Waals surface area (Å²) in [5.74, 6) is -0.166. The van der Waals surface area contributed by atoms with E-state index in [0.29, 0.717) is 28.1 Å². The van der Waals surface area contributed by atoms with Gasteiger partial charge < -0.3 is 14.4 Å². The van der Waals surface area contributed by atoms with Gasteiger partial charge >= 0.3 is 12.1 Å². The molecule has 1 amide bonds. The maximum Gasteiger partial charge on any atom is 0.416 e. The molecule has 0 aliphatic rings. The molecule has 0 radical (unpaired) electrons. The number of esters is 1. The van der Waals surface area contributed by atoms with Crippen molar-refractivity contribution in [2.45, 2.75) is 46.0 Å². The van der Waals surface area contributed by atoms with Crippen LogP contribution in [0.2, 0.25) is 0 Å². The van der Waals surface area contributed by atoms with Crippen LogP contribution in [0.3, 0.4) is 0 Å². The van der Waals surface area contributed by atoms with Crippen molar-refractivity contribution in [1.29, 1.82) is 0 Å². The number of ether oxygens (including phenoxy) is 2. The number of benzene rings is 2. The van der Waals surface area contributed by atoms with Gasteiger partial charge in [0, 0.05) is 42.2 Å². The Labute approximate surface area is 213 Å². The molecule has 0 bridgehead atoms. The first-order chi connectivity index (χ1) is 17.3. The summed E-state index contributed by atoms with van der Waals surface area (Å²) in [7, 11) is 1.63. The number of aromatic nitrogens is 2. The van der Waals surface area contributed by atoms with Crippen LogP contribution in [-0.4, -0.2) is 46.0 Å². The first kappa shape index (κ1) is 27.6. The van der Waals surface area contributed by atoms with Crippen LogP contribution in [-0.2, 0) is 22.3 Å². The number of hydrogen-bond donors (Lipinski definition) is 0. The van der Waals surface area contributed by atoms with Gasteiger partial charge in [0.15, 0.2) is 11.4 Å². The van der Waals surface area contributed by atoms with Gasteiger partial charge in [0.05, 0.1) is 12.2 Å². The maximum atomic E-state index is 13.1. The summed E-state index contributed by atoms with van der Waals surface area (Å²) in [5, 5.41) is 0. The quantitative estimate of drug-likeness (QED) is 0.371. The first-order valence-electron chi connectivity index (χ1n) is 11.5. The monoisotopic (exact) mass is 515 g/mol. The lowest BCUT2D eigenvalue weighted by atomic mass is 10.1. The highest BCUT2D eigenvalue weighted by molar-refractivity contribution is 5.94. The molecule has 3 rings (SSSR count). The number of carbonyl (C=O) groups excluding carboxylic acids is 2. The Bertz CT molecular complexity index is 1270. The molecule has 0 saturated carbocycles. The average molecular weight is 516 g/mol. The van der Waals surface area contributed by atoms with Crippen molar-refractivity contribution in [3.05, 3.63) is 77.1 Å². The van der Waals surface area contributed by atoms with Crippen LogP contribution >= 0.6 is 0 Å². The van der Waals surface area contributed by atoms with Gasteiger partial charge in [-0.15, -0.1) is 0 Å². The fourth-order valence-electron chi connectivity index (χ4n) is 3.48. The molecule has 0 atom stereocenters. The Morgan fingerprint density at radius 3 is 2.32 bits per heavy atom. The molecule has 37 heavy (non-hydrogen) atoms. The molecular formula is C27H28F3N3O4. The SMILES string of the molecule is CCOC(=O)C(C)(C)Oc1cccc(C(=O)N(C)Cc2cnc(-c3ccc(C(F)(F)F)cc3)nc2C)c1. The Morgan fingerprint density at radius 2 is 1.73 bits per heavy atom. The lowest BCUT2D eigenvalue weighted by molar-refractivity contribution is -0.158. The number of alkyl halides is 3. The minimum absolute atomic E-state index is 0.206. The topological polar surface area (TPSA) is 81.6 Å². The number of rotatable bonds is 8. The number of hydrogen-bond acceptors (Lipinski definition) is 6. The molecule has 1 aromatic heterocycles. The van der Waals surface area contributed by atoms with E-state index in [0.717, 1.165) is 12.1 Å². The number of amides is 1. The van der Waals surface area contributed by atoms with E-state index in [2.05, 4.69) is 9.97 Å². The Morgan fingerprint density at radius 1 is 1.05 bits per heavy atom. The van der Waals surface area contributed by atoms with Crippen molar-refractivity contribution in [1.82, 2.24) is 14.9 Å². The fraction of sp³-hybridized carbons (Fsp3) is 0.333. The zero-order chi connectivity index (χ0) is 27.4. The lowest BCUT2D eigenvalue weighted by Crippen LogP contribution is -2.39. The van der Waals surface area contributed by atoms with Gasteiger partial charge in [-0.3, -0.25) is 4.79 Å². The second kappa shape index (κ2) is 11.0. The summed E-state index contributed by atoms with van der Waals surface area (Å²) < 4.78 is 49.3. The highest BCUT2D eigenvalue weighted by Gasteiger charge is 2.32. The zero-order valence-electron chi connectivity index (χ0n) is 21.2. The molecule has 10 heteroatoms. The fourth-order valence-corrected chi connectivity index (χ4v) is 3.48. The van der Waals surface area contributed by atoms with Gasteiger partial charge in [-0.25, -0.2) is 14.8 Å². The Hall–Kier alpha value is -3.95. The van der Waals surface area contributed by atoms with Crippen LogP contribution in [0, 0.1) is 6.92 Å². The largest absolute Gasteiger partial charge is 0.476 e. The predicted molar refractivity (Wildman–Crippen MR) is 131 cm³/mol. The number of carbonyl (C=O) groups is 2. The molecule has 0 saturated heterocycles. The summed E-state index contributed by atoms with van der Waals surface area (Å²) in [6.07, 6.45) is -2.86. The molecule has 0 unspecified atom stereocenters. The van der Waals surface area contributed by atoms with E-state index >= 15 is 0 Å². The van der Waals surface area contributed by atoms with Crippen LogP contribution in [0.4, 0.5) is 13.2 Å². The maximum absolute atomic E-state index is 13.1. The highest BCUT2D eigenvalue weighted by Crippen LogP contribution is 2.30. The van der Waals surface area contributed by atoms with Crippen LogP contribution in [0.15, 0.2) is 54.7 Å². The average Bonchev–Trinajstić information content (AvgIpc) is 2.84. The summed E-state index contributed by atoms with van der Waals surface area (Å²) in [6, 6.07) is 11.1. The van der Waals surface area contributed by atoms with Gasteiger partial charge in [-0.2, -0.15) is 13.2 Å². The van der Waals surface area contributed by atoms with Crippen LogP contribution in [0.25, 0.3) is 11.4 Å². The second-order valence-electron chi connectivity index (χ2n) is 8.90. The van der Waals surface area contributed by atoms with Gasteiger partial charge in [0.2, 0.25) is 0 Å². The van der Waals surface area contributed by atoms with Crippen molar-refractivity contribution in [2.75, 3.05) is 13.7 Å². The standard InChI is InChI=1S/C27H28F3N3O4/c1-6-36-25(35)26(3,4)37-22-9-7-8-19(14-22)24(34)33(5)16-20-15-31-23(32-17(20)2)18-10-12-21(13-11-18)27(28,29)30/h7-15H,6,16H2,1-5H3. The number of aryl methyl sites for hydroxylation is 1. The minimum Gasteiger partial charge on any atom is -0.476 e. The van der Waals surface area contributed by atoms with E-state index in [-0.39, 0.29) is 24.9 Å². The van der Waals surface area contributed by atoms with E-state index < -0.39 is 23.3 Å². The predicted octanol–water partition coefficient (Wildman–Crippen LogP) is 5.46. The smallest absolute Gasteiger partial charge is 0.416 e. The normalized spacial score (nSPS) is 11.7. The van der Waals surface area contributed by atoms with E-state index in [1.165, 1.54) is 17.0 Å². The van der Waals surface area contributed by atoms with E-state index in [1.54, 1.807) is 65.2 Å². The van der Waals surface area contributed by atoms with Gasteiger partial charge in [-0.1, -0.05) is 18.2 Å². The third-order valence-corrected chi connectivity index (χ3v) is 5.53. The van der Waals surface area contributed by atoms with Crippen molar-refractivity contribution >= 4 is 11.9 Å². The summed E-state index contributed by atoms with van der Waals surface area (Å²) in [6.45, 7) is 7.05. The third-order valence-electron chi connectivity index (χ3n) is 5.53. The van der Waals surface area contributed by atoms with E-state index in [1.807, 2.05) is 0 Å². The van der Waals surface area contributed by atoms with Crippen LogP contribution < -0.4 is 4.74 Å². The molecule has 0 aliphatic carbocycles. The summed E-state index contributed by atoms with van der Waals surface area (Å²) in [4.78, 5) is 35.4. The molecule has 7 nitrogen and oxygen atoms in total. The second-order valence-corrected chi connectivity index (χ2v) is 8.90. The van der Waals surface area contributed by atoms with Crippen LogP contribution in [0.5, 0.6) is 5.75 Å². The number of halogens is 3. The molecular weight excluding hydrogens is 487 g/mol. The molecule has 1 heterocycles. The van der Waals surface area contributed by atoms with Crippen molar-refractivity contribution in [3.8, 4) is 17.1 Å². The Kier molecular flexibility index (Phi) is 8.20. The van der Waals surface area contributed by atoms with Gasteiger partial charge in [0.1, 0.15) is 5.75 Å². The third kappa shape index (κ3) is 6.84. The molecule has 0 spiro atoms. The molecule has 3 aromatic rings.